The van der Waals surface area contributed by atoms with E-state index >= 15 is 0 Å². The van der Waals surface area contributed by atoms with Gasteiger partial charge in [0.1, 0.15) is 6.04 Å². The molecule has 0 spiro atoms. The summed E-state index contributed by atoms with van der Waals surface area (Å²) in [6.45, 7) is 7.24. The number of nitrogens with one attached hydrogen (secondary N) is 2. The number of carbonyl (C=O) groups is 3. The lowest BCUT2D eigenvalue weighted by Crippen LogP contribution is -2.39. The van der Waals surface area contributed by atoms with Gasteiger partial charge in [-0.05, 0) is 13.3 Å². The number of amides is 2. The number of carboxylic acids is 1. The molecule has 0 saturated carbocycles. The molecule has 0 rings (SSSR count). The normalized spacial score (nSPS) is 12.7. The third kappa shape index (κ3) is 6.88. The minimum atomic E-state index is -1.07. The topological polar surface area (TPSA) is 95.5 Å². The Morgan fingerprint density at radius 3 is 2.22 bits per heavy atom. The zero-order valence-corrected chi connectivity index (χ0v) is 11.4. The van der Waals surface area contributed by atoms with Crippen molar-refractivity contribution in [2.24, 2.45) is 5.41 Å². The molecule has 6 nitrogen and oxygen atoms in total. The molecule has 0 radical (unpaired) electrons. The predicted octanol–water partition coefficient (Wildman–Crippen LogP) is 0.518. The molecule has 0 aromatic rings. The Morgan fingerprint density at radius 2 is 1.78 bits per heavy atom. The van der Waals surface area contributed by atoms with E-state index in [0.717, 1.165) is 0 Å². The van der Waals surface area contributed by atoms with E-state index in [-0.39, 0.29) is 18.2 Å². The lowest BCUT2D eigenvalue weighted by molar-refractivity contribution is -0.141. The summed E-state index contributed by atoms with van der Waals surface area (Å²) in [7, 11) is 0. The molecule has 104 valence electrons. The molecule has 0 aliphatic carbocycles. The van der Waals surface area contributed by atoms with Crippen molar-refractivity contribution in [2.45, 2.75) is 46.6 Å². The van der Waals surface area contributed by atoms with E-state index in [1.807, 2.05) is 20.8 Å². The summed E-state index contributed by atoms with van der Waals surface area (Å²) in [5, 5.41) is 13.7. The van der Waals surface area contributed by atoms with E-state index in [0.29, 0.717) is 13.0 Å². The summed E-state index contributed by atoms with van der Waals surface area (Å²) in [6.07, 6.45) is 0.683. The van der Waals surface area contributed by atoms with Crippen molar-refractivity contribution >= 4 is 17.8 Å². The van der Waals surface area contributed by atoms with Gasteiger partial charge in [0.2, 0.25) is 11.8 Å². The zero-order valence-electron chi connectivity index (χ0n) is 11.4. The van der Waals surface area contributed by atoms with Gasteiger partial charge >= 0.3 is 5.97 Å². The van der Waals surface area contributed by atoms with Crippen LogP contribution in [0.25, 0.3) is 0 Å². The first-order valence-corrected chi connectivity index (χ1v) is 5.95. The lowest BCUT2D eigenvalue weighted by atomic mass is 9.96. The molecule has 0 heterocycles. The van der Waals surface area contributed by atoms with Crippen molar-refractivity contribution in [3.8, 4) is 0 Å². The van der Waals surface area contributed by atoms with Gasteiger partial charge in [-0.1, -0.05) is 20.8 Å². The Bertz CT molecular complexity index is 321. The SMILES string of the molecule is C[C@@H](NC(=O)CCCNC(=O)C(C)(C)C)C(=O)O. The molecule has 6 heteroatoms. The Hall–Kier alpha value is -1.59. The monoisotopic (exact) mass is 258 g/mol. The van der Waals surface area contributed by atoms with E-state index in [2.05, 4.69) is 10.6 Å². The second-order valence-corrected chi connectivity index (χ2v) is 5.24. The van der Waals surface area contributed by atoms with Crippen LogP contribution in [0.2, 0.25) is 0 Å². The summed E-state index contributed by atoms with van der Waals surface area (Å²) >= 11 is 0. The maximum absolute atomic E-state index is 11.5. The highest BCUT2D eigenvalue weighted by atomic mass is 16.4. The summed E-state index contributed by atoms with van der Waals surface area (Å²) in [6, 6.07) is -0.887. The van der Waals surface area contributed by atoms with Crippen molar-refractivity contribution in [3.05, 3.63) is 0 Å². The van der Waals surface area contributed by atoms with Gasteiger partial charge < -0.3 is 15.7 Å². The number of carbonyl (C=O) groups excluding carboxylic acids is 2. The Kier molecular flexibility index (Phi) is 6.36. The van der Waals surface area contributed by atoms with Gasteiger partial charge in [0.15, 0.2) is 0 Å². The van der Waals surface area contributed by atoms with Crippen LogP contribution in [0.5, 0.6) is 0 Å². The second kappa shape index (κ2) is 6.98. The molecular weight excluding hydrogens is 236 g/mol. The van der Waals surface area contributed by atoms with Gasteiger partial charge in [0, 0.05) is 18.4 Å². The van der Waals surface area contributed by atoms with Crippen LogP contribution in [0.15, 0.2) is 0 Å². The first kappa shape index (κ1) is 16.4. The fraction of sp³-hybridized carbons (Fsp3) is 0.750. The number of hydrogen-bond acceptors (Lipinski definition) is 3. The first-order chi connectivity index (χ1) is 8.14. The van der Waals surface area contributed by atoms with Gasteiger partial charge in [0.25, 0.3) is 0 Å². The highest BCUT2D eigenvalue weighted by Gasteiger charge is 2.20. The first-order valence-electron chi connectivity index (χ1n) is 5.95. The lowest BCUT2D eigenvalue weighted by Gasteiger charge is -2.17. The summed E-state index contributed by atoms with van der Waals surface area (Å²) < 4.78 is 0. The summed E-state index contributed by atoms with van der Waals surface area (Å²) in [4.78, 5) is 33.3. The van der Waals surface area contributed by atoms with E-state index in [9.17, 15) is 14.4 Å². The maximum atomic E-state index is 11.5. The van der Waals surface area contributed by atoms with E-state index in [1.165, 1.54) is 6.92 Å². The molecule has 18 heavy (non-hydrogen) atoms. The number of carboxylic acid groups (broad SMARTS) is 1. The highest BCUT2D eigenvalue weighted by molar-refractivity contribution is 5.83. The smallest absolute Gasteiger partial charge is 0.325 e. The molecule has 0 aliphatic heterocycles. The number of rotatable bonds is 6. The third-order valence-electron chi connectivity index (χ3n) is 2.30. The van der Waals surface area contributed by atoms with Crippen LogP contribution in [0.1, 0.15) is 40.5 Å². The molecule has 0 aliphatic rings. The molecule has 3 N–H and O–H groups in total. The molecule has 1 atom stereocenters. The van der Waals surface area contributed by atoms with Crippen LogP contribution >= 0.6 is 0 Å². The number of aliphatic carboxylic acids is 1. The Morgan fingerprint density at radius 1 is 1.22 bits per heavy atom. The molecule has 0 aromatic heterocycles. The fourth-order valence-corrected chi connectivity index (χ4v) is 1.09. The van der Waals surface area contributed by atoms with Crippen molar-refractivity contribution in [1.29, 1.82) is 0 Å². The maximum Gasteiger partial charge on any atom is 0.325 e. The van der Waals surface area contributed by atoms with Gasteiger partial charge in [-0.2, -0.15) is 0 Å². The average molecular weight is 258 g/mol. The van der Waals surface area contributed by atoms with Gasteiger partial charge in [-0.25, -0.2) is 0 Å². The van der Waals surface area contributed by atoms with Crippen molar-refractivity contribution < 1.29 is 19.5 Å². The number of hydrogen-bond donors (Lipinski definition) is 3. The van der Waals surface area contributed by atoms with Crippen LogP contribution in [0, 0.1) is 5.41 Å². The van der Waals surface area contributed by atoms with E-state index < -0.39 is 17.4 Å². The molecule has 0 fully saturated rings. The minimum Gasteiger partial charge on any atom is -0.480 e. The zero-order chi connectivity index (χ0) is 14.3. The predicted molar refractivity (Wildman–Crippen MR) is 66.9 cm³/mol. The largest absolute Gasteiger partial charge is 0.480 e. The van der Waals surface area contributed by atoms with Crippen LogP contribution in [0.3, 0.4) is 0 Å². The van der Waals surface area contributed by atoms with E-state index in [4.69, 9.17) is 5.11 Å². The third-order valence-corrected chi connectivity index (χ3v) is 2.30. The molecule has 0 bridgehead atoms. The van der Waals surface area contributed by atoms with E-state index in [1.54, 1.807) is 0 Å². The molecule has 0 saturated heterocycles. The fourth-order valence-electron chi connectivity index (χ4n) is 1.09. The summed E-state index contributed by atoms with van der Waals surface area (Å²) in [5.74, 6) is -1.46. The Balaban J connectivity index is 3.77. The molecule has 2 amide bonds. The quantitative estimate of drug-likeness (QED) is 0.605. The van der Waals surface area contributed by atoms with Crippen molar-refractivity contribution in [2.75, 3.05) is 6.54 Å². The van der Waals surface area contributed by atoms with Crippen molar-refractivity contribution in [3.63, 3.8) is 0 Å². The minimum absolute atomic E-state index is 0.0678. The van der Waals surface area contributed by atoms with Crippen LogP contribution < -0.4 is 10.6 Å². The molecule has 0 aromatic carbocycles. The second-order valence-electron chi connectivity index (χ2n) is 5.24. The average Bonchev–Trinajstić information content (AvgIpc) is 2.22. The standard InChI is InChI=1S/C12H22N2O4/c1-8(10(16)17)14-9(15)6-5-7-13-11(18)12(2,3)4/h8H,5-7H2,1-4H3,(H,13,18)(H,14,15)(H,16,17)/t8-/m1/s1. The van der Waals surface area contributed by atoms with Crippen LogP contribution in [-0.2, 0) is 14.4 Å². The highest BCUT2D eigenvalue weighted by Crippen LogP contribution is 2.12. The van der Waals surface area contributed by atoms with Gasteiger partial charge in [0.05, 0.1) is 0 Å². The van der Waals surface area contributed by atoms with Crippen molar-refractivity contribution in [1.82, 2.24) is 10.6 Å². The van der Waals surface area contributed by atoms with Gasteiger partial charge in [-0.3, -0.25) is 14.4 Å². The van der Waals surface area contributed by atoms with Crippen LogP contribution in [0.4, 0.5) is 0 Å². The molecular formula is C12H22N2O4. The van der Waals surface area contributed by atoms with Gasteiger partial charge in [-0.15, -0.1) is 0 Å². The molecule has 0 unspecified atom stereocenters. The Labute approximate surface area is 107 Å². The van der Waals surface area contributed by atoms with Crippen LogP contribution in [-0.4, -0.2) is 35.5 Å². The summed E-state index contributed by atoms with van der Waals surface area (Å²) in [5.41, 5.74) is -0.444.